The summed E-state index contributed by atoms with van der Waals surface area (Å²) >= 11 is 0. The third kappa shape index (κ3) is 1.76. The van der Waals surface area contributed by atoms with Gasteiger partial charge < -0.3 is 4.57 Å². The Labute approximate surface area is 110 Å². The molecule has 19 heavy (non-hydrogen) atoms. The lowest BCUT2D eigenvalue weighted by atomic mass is 9.88. The fourth-order valence-electron chi connectivity index (χ4n) is 2.90. The van der Waals surface area contributed by atoms with E-state index in [0.29, 0.717) is 12.1 Å². The van der Waals surface area contributed by atoms with Crippen LogP contribution in [0.3, 0.4) is 0 Å². The minimum absolute atomic E-state index is 0.0343. The zero-order chi connectivity index (χ0) is 13.7. The Morgan fingerprint density at radius 3 is 2.37 bits per heavy atom. The number of benzene rings is 1. The lowest BCUT2D eigenvalue weighted by Crippen LogP contribution is -2.10. The fraction of sp³-hybridized carbons (Fsp3) is 0.429. The molecule has 2 heterocycles. The van der Waals surface area contributed by atoms with Gasteiger partial charge in [-0.3, -0.25) is 0 Å². The van der Waals surface area contributed by atoms with Crippen LogP contribution in [0.5, 0.6) is 0 Å². The number of aromatic nitrogens is 3. The van der Waals surface area contributed by atoms with Crippen molar-refractivity contribution in [3.8, 4) is 0 Å². The summed E-state index contributed by atoms with van der Waals surface area (Å²) in [6.45, 7) is 6.02. The van der Waals surface area contributed by atoms with Gasteiger partial charge >= 0.3 is 0 Å². The molecule has 0 fully saturated rings. The summed E-state index contributed by atoms with van der Waals surface area (Å²) in [5.41, 5.74) is 0.767. The zero-order valence-electron chi connectivity index (χ0n) is 11.1. The first-order valence-electron chi connectivity index (χ1n) is 6.34. The molecule has 0 saturated heterocycles. The smallest absolute Gasteiger partial charge is 0.136 e. The highest BCUT2D eigenvalue weighted by atomic mass is 19.1. The predicted octanol–water partition coefficient (Wildman–Crippen LogP) is 3.07. The molecule has 5 heteroatoms. The van der Waals surface area contributed by atoms with E-state index in [9.17, 15) is 8.78 Å². The summed E-state index contributed by atoms with van der Waals surface area (Å²) in [5, 5.41) is 8.10. The first-order chi connectivity index (χ1) is 8.99. The molecule has 0 N–H and O–H groups in total. The second kappa shape index (κ2) is 4.11. The van der Waals surface area contributed by atoms with Gasteiger partial charge in [0.25, 0.3) is 0 Å². The average molecular weight is 263 g/mol. The molecule has 3 nitrogen and oxygen atoms in total. The Kier molecular flexibility index (Phi) is 2.66. The molecule has 1 aliphatic rings. The van der Waals surface area contributed by atoms with Crippen molar-refractivity contribution in [3.05, 3.63) is 46.5 Å². The van der Waals surface area contributed by atoms with E-state index in [1.54, 1.807) is 6.92 Å². The summed E-state index contributed by atoms with van der Waals surface area (Å²) in [7, 11) is 0. The Hall–Kier alpha value is -1.78. The SMILES string of the molecule is Cc1cc(F)c([C@@H]2Cn3c(C)nnc3[C@H]2C)c(F)c1. The summed E-state index contributed by atoms with van der Waals surface area (Å²) in [5.74, 6) is 0.410. The molecule has 0 aliphatic carbocycles. The average Bonchev–Trinajstić information content (AvgIpc) is 2.81. The van der Waals surface area contributed by atoms with Gasteiger partial charge in [0, 0.05) is 23.9 Å². The fourth-order valence-corrected chi connectivity index (χ4v) is 2.90. The van der Waals surface area contributed by atoms with Crippen LogP contribution in [0.25, 0.3) is 0 Å². The van der Waals surface area contributed by atoms with Crippen LogP contribution in [0.4, 0.5) is 8.78 Å². The van der Waals surface area contributed by atoms with Crippen LogP contribution in [0.1, 0.15) is 41.5 Å². The van der Waals surface area contributed by atoms with Crippen LogP contribution in [0.2, 0.25) is 0 Å². The zero-order valence-corrected chi connectivity index (χ0v) is 11.1. The van der Waals surface area contributed by atoms with Crippen LogP contribution in [0.15, 0.2) is 12.1 Å². The molecule has 0 saturated carbocycles. The molecule has 0 unspecified atom stereocenters. The maximum atomic E-state index is 14.1. The summed E-state index contributed by atoms with van der Waals surface area (Å²) < 4.78 is 30.1. The van der Waals surface area contributed by atoms with Crippen molar-refractivity contribution in [2.24, 2.45) is 0 Å². The van der Waals surface area contributed by atoms with Crippen molar-refractivity contribution >= 4 is 0 Å². The van der Waals surface area contributed by atoms with Gasteiger partial charge in [-0.05, 0) is 31.5 Å². The largest absolute Gasteiger partial charge is 0.314 e. The van der Waals surface area contributed by atoms with E-state index in [1.807, 2.05) is 18.4 Å². The lowest BCUT2D eigenvalue weighted by Gasteiger charge is -2.17. The number of hydrogen-bond acceptors (Lipinski definition) is 2. The second-order valence-electron chi connectivity index (χ2n) is 5.25. The third-order valence-electron chi connectivity index (χ3n) is 3.95. The number of aryl methyl sites for hydroxylation is 2. The molecular weight excluding hydrogens is 248 g/mol. The van der Waals surface area contributed by atoms with E-state index in [-0.39, 0.29) is 17.4 Å². The normalized spacial score (nSPS) is 21.7. The van der Waals surface area contributed by atoms with E-state index in [2.05, 4.69) is 10.2 Å². The Bertz CT molecular complexity index is 625. The molecule has 1 aromatic carbocycles. The maximum Gasteiger partial charge on any atom is 0.136 e. The molecule has 1 aliphatic heterocycles. The highest BCUT2D eigenvalue weighted by Gasteiger charge is 2.36. The van der Waals surface area contributed by atoms with Crippen molar-refractivity contribution in [2.45, 2.75) is 39.2 Å². The second-order valence-corrected chi connectivity index (χ2v) is 5.25. The summed E-state index contributed by atoms with van der Waals surface area (Å²) in [6, 6.07) is 2.77. The van der Waals surface area contributed by atoms with Gasteiger partial charge in [-0.15, -0.1) is 10.2 Å². The van der Waals surface area contributed by atoms with Gasteiger partial charge in [0.05, 0.1) is 0 Å². The minimum atomic E-state index is -0.467. The summed E-state index contributed by atoms with van der Waals surface area (Å²) in [6.07, 6.45) is 0. The quantitative estimate of drug-likeness (QED) is 0.791. The van der Waals surface area contributed by atoms with E-state index in [1.165, 1.54) is 12.1 Å². The summed E-state index contributed by atoms with van der Waals surface area (Å²) in [4.78, 5) is 0. The van der Waals surface area contributed by atoms with Crippen LogP contribution in [-0.2, 0) is 6.54 Å². The standard InChI is InChI=1S/C14H15F2N3/c1-7-4-11(15)13(12(16)5-7)10-6-19-9(3)17-18-14(19)8(10)2/h4-5,8,10H,6H2,1-3H3/t8-,10+/m0/s1. The topological polar surface area (TPSA) is 30.7 Å². The van der Waals surface area contributed by atoms with Crippen LogP contribution < -0.4 is 0 Å². The molecular formula is C14H15F2N3. The molecule has 2 atom stereocenters. The van der Waals surface area contributed by atoms with Gasteiger partial charge in [0.15, 0.2) is 0 Å². The van der Waals surface area contributed by atoms with Gasteiger partial charge in [0.1, 0.15) is 23.3 Å². The molecule has 1 aromatic heterocycles. The Morgan fingerprint density at radius 2 is 1.79 bits per heavy atom. The van der Waals surface area contributed by atoms with E-state index >= 15 is 0 Å². The predicted molar refractivity (Wildman–Crippen MR) is 67.0 cm³/mol. The number of hydrogen-bond donors (Lipinski definition) is 0. The third-order valence-corrected chi connectivity index (χ3v) is 3.95. The van der Waals surface area contributed by atoms with Gasteiger partial charge in [-0.2, -0.15) is 0 Å². The van der Waals surface area contributed by atoms with Gasteiger partial charge in [-0.1, -0.05) is 6.92 Å². The number of nitrogens with zero attached hydrogens (tertiary/aromatic N) is 3. The maximum absolute atomic E-state index is 14.1. The monoisotopic (exact) mass is 263 g/mol. The number of rotatable bonds is 1. The number of fused-ring (bicyclic) bond motifs is 1. The van der Waals surface area contributed by atoms with E-state index < -0.39 is 11.6 Å². The number of halogens is 2. The molecule has 3 rings (SSSR count). The van der Waals surface area contributed by atoms with Crippen molar-refractivity contribution in [1.29, 1.82) is 0 Å². The van der Waals surface area contributed by atoms with Crippen molar-refractivity contribution in [2.75, 3.05) is 0 Å². The molecule has 0 amide bonds. The molecule has 0 spiro atoms. The first-order valence-corrected chi connectivity index (χ1v) is 6.34. The highest BCUT2D eigenvalue weighted by Crippen LogP contribution is 2.41. The van der Waals surface area contributed by atoms with Crippen LogP contribution in [-0.4, -0.2) is 14.8 Å². The molecule has 0 bridgehead atoms. The van der Waals surface area contributed by atoms with Crippen molar-refractivity contribution in [3.63, 3.8) is 0 Å². The highest BCUT2D eigenvalue weighted by molar-refractivity contribution is 5.32. The first kappa shape index (κ1) is 12.3. The van der Waals surface area contributed by atoms with E-state index in [4.69, 9.17) is 0 Å². The Morgan fingerprint density at radius 1 is 1.16 bits per heavy atom. The lowest BCUT2D eigenvalue weighted by molar-refractivity contribution is 0.485. The van der Waals surface area contributed by atoms with Crippen LogP contribution >= 0.6 is 0 Å². The van der Waals surface area contributed by atoms with Gasteiger partial charge in [0.2, 0.25) is 0 Å². The van der Waals surface area contributed by atoms with Crippen LogP contribution in [0, 0.1) is 25.5 Å². The van der Waals surface area contributed by atoms with Gasteiger partial charge in [-0.25, -0.2) is 8.78 Å². The van der Waals surface area contributed by atoms with E-state index in [0.717, 1.165) is 11.6 Å². The molecule has 100 valence electrons. The molecule has 0 radical (unpaired) electrons. The van der Waals surface area contributed by atoms with Crippen molar-refractivity contribution < 1.29 is 8.78 Å². The molecule has 2 aromatic rings. The Balaban J connectivity index is 2.07. The van der Waals surface area contributed by atoms with Crippen molar-refractivity contribution in [1.82, 2.24) is 14.8 Å². The minimum Gasteiger partial charge on any atom is -0.314 e.